The molecule has 1 heterocycles. The average molecular weight is 631 g/mol. The third kappa shape index (κ3) is 6.90. The zero-order valence-corrected chi connectivity index (χ0v) is 29.8. The van der Waals surface area contributed by atoms with Crippen LogP contribution < -0.4 is 0 Å². The van der Waals surface area contributed by atoms with Gasteiger partial charge in [-0.1, -0.05) is 60.1 Å². The molecule has 0 aromatic carbocycles. The van der Waals surface area contributed by atoms with E-state index in [0.717, 1.165) is 35.8 Å². The van der Waals surface area contributed by atoms with Crippen LogP contribution in [0.2, 0.25) is 0 Å². The van der Waals surface area contributed by atoms with Gasteiger partial charge in [-0.3, -0.25) is 5.10 Å². The minimum absolute atomic E-state index is 0.0415. The number of terminal acetylenes is 3. The SMILES string of the molecule is C#C.C#C.C#C.C=CC.CC.CC1(C)C(c2cc(C(=O)O)[nH]n2)=CC[C@@]2(C)C1CC[C@@]1(C)C3CC[C@@]4(CO)CCCC4[C@H]3CCC12. The van der Waals surface area contributed by atoms with Crippen LogP contribution in [0.5, 0.6) is 0 Å². The number of nitrogens with zero attached hydrogens (tertiary/aromatic N) is 1. The summed E-state index contributed by atoms with van der Waals surface area (Å²) in [6, 6.07) is 1.72. The first-order valence-electron chi connectivity index (χ1n) is 17.2. The van der Waals surface area contributed by atoms with E-state index < -0.39 is 5.97 Å². The van der Waals surface area contributed by atoms with Gasteiger partial charge in [-0.25, -0.2) is 4.79 Å². The molecular formula is C41H62N2O3. The summed E-state index contributed by atoms with van der Waals surface area (Å²) in [5.41, 5.74) is 3.04. The first-order valence-corrected chi connectivity index (χ1v) is 17.2. The Morgan fingerprint density at radius 3 is 2.09 bits per heavy atom. The molecule has 4 unspecified atom stereocenters. The van der Waals surface area contributed by atoms with Gasteiger partial charge in [0, 0.05) is 6.61 Å². The van der Waals surface area contributed by atoms with E-state index in [4.69, 9.17) is 0 Å². The van der Waals surface area contributed by atoms with Crippen molar-refractivity contribution in [3.05, 3.63) is 36.2 Å². The number of aromatic carboxylic acids is 1. The Kier molecular flexibility index (Phi) is 15.2. The quantitative estimate of drug-likeness (QED) is 0.229. The van der Waals surface area contributed by atoms with Gasteiger partial charge in [0.2, 0.25) is 0 Å². The predicted molar refractivity (Wildman–Crippen MR) is 194 cm³/mol. The number of nitrogens with one attached hydrogen (secondary N) is 1. The minimum atomic E-state index is -0.951. The zero-order chi connectivity index (χ0) is 35.5. The molecule has 254 valence electrons. The third-order valence-corrected chi connectivity index (χ3v) is 12.7. The van der Waals surface area contributed by atoms with Gasteiger partial charge in [0.25, 0.3) is 0 Å². The van der Waals surface area contributed by atoms with Crippen LogP contribution in [0.15, 0.2) is 24.8 Å². The van der Waals surface area contributed by atoms with Crippen molar-refractivity contribution >= 4 is 11.5 Å². The van der Waals surface area contributed by atoms with Gasteiger partial charge in [0.15, 0.2) is 0 Å². The molecule has 5 aliphatic carbocycles. The fourth-order valence-electron chi connectivity index (χ4n) is 11.2. The lowest BCUT2D eigenvalue weighted by Crippen LogP contribution is -2.61. The summed E-state index contributed by atoms with van der Waals surface area (Å²) < 4.78 is 0. The highest BCUT2D eigenvalue weighted by molar-refractivity contribution is 5.86. The Morgan fingerprint density at radius 1 is 0.935 bits per heavy atom. The number of carbonyl (C=O) groups is 1. The lowest BCUT2D eigenvalue weighted by molar-refractivity contribution is -0.181. The van der Waals surface area contributed by atoms with Crippen molar-refractivity contribution < 1.29 is 15.0 Å². The topological polar surface area (TPSA) is 86.2 Å². The largest absolute Gasteiger partial charge is 0.477 e. The Hall–Kier alpha value is -3.20. The summed E-state index contributed by atoms with van der Waals surface area (Å²) in [6.45, 7) is 19.6. The van der Waals surface area contributed by atoms with Gasteiger partial charge in [-0.2, -0.15) is 5.10 Å². The molecule has 0 saturated heterocycles. The molecule has 1 aromatic rings. The van der Waals surface area contributed by atoms with Gasteiger partial charge in [0.05, 0.1) is 5.69 Å². The summed E-state index contributed by atoms with van der Waals surface area (Å²) in [5, 5.41) is 26.9. The molecule has 0 amide bonds. The van der Waals surface area contributed by atoms with E-state index in [-0.39, 0.29) is 21.9 Å². The van der Waals surface area contributed by atoms with Crippen LogP contribution in [-0.4, -0.2) is 33.0 Å². The molecule has 0 bridgehead atoms. The number of aromatic nitrogens is 2. The van der Waals surface area contributed by atoms with Crippen molar-refractivity contribution in [3.63, 3.8) is 0 Å². The zero-order valence-electron chi connectivity index (χ0n) is 29.8. The Morgan fingerprint density at radius 2 is 1.54 bits per heavy atom. The van der Waals surface area contributed by atoms with E-state index >= 15 is 0 Å². The molecule has 0 radical (unpaired) electrons. The molecule has 0 aliphatic heterocycles. The molecule has 0 spiro atoms. The van der Waals surface area contributed by atoms with Gasteiger partial charge in [0.1, 0.15) is 5.69 Å². The Bertz CT molecular complexity index is 1220. The molecule has 1 aromatic heterocycles. The Balaban J connectivity index is 0.000000868. The summed E-state index contributed by atoms with van der Waals surface area (Å²) in [6.07, 6.45) is 40.9. The van der Waals surface area contributed by atoms with Crippen molar-refractivity contribution in [1.82, 2.24) is 10.2 Å². The molecule has 3 N–H and O–H groups in total. The number of carboxylic acid groups (broad SMARTS) is 1. The van der Waals surface area contributed by atoms with Gasteiger partial charge >= 0.3 is 5.97 Å². The lowest BCUT2D eigenvalue weighted by Gasteiger charge is -2.68. The number of rotatable bonds is 3. The van der Waals surface area contributed by atoms with Crippen molar-refractivity contribution in [3.8, 4) is 38.5 Å². The van der Waals surface area contributed by atoms with E-state index in [1.165, 1.54) is 63.4 Å². The normalized spacial score (nSPS) is 35.6. The monoisotopic (exact) mass is 630 g/mol. The highest BCUT2D eigenvalue weighted by Crippen LogP contribution is 2.73. The van der Waals surface area contributed by atoms with Crippen LogP contribution in [0.25, 0.3) is 5.57 Å². The van der Waals surface area contributed by atoms with E-state index in [9.17, 15) is 15.0 Å². The molecular weight excluding hydrogens is 568 g/mol. The van der Waals surface area contributed by atoms with Crippen molar-refractivity contribution in [2.75, 3.05) is 6.61 Å². The van der Waals surface area contributed by atoms with Crippen LogP contribution in [0.3, 0.4) is 0 Å². The van der Waals surface area contributed by atoms with Crippen LogP contribution in [0.1, 0.15) is 129 Å². The number of hydrogen-bond acceptors (Lipinski definition) is 3. The maximum Gasteiger partial charge on any atom is 0.353 e. The number of H-pyrrole nitrogens is 1. The first-order chi connectivity index (χ1) is 22.0. The number of aromatic amines is 1. The summed E-state index contributed by atoms with van der Waals surface area (Å²) in [4.78, 5) is 11.4. The maximum atomic E-state index is 11.4. The van der Waals surface area contributed by atoms with Crippen LogP contribution >= 0.6 is 0 Å². The molecule has 6 rings (SSSR count). The second-order valence-electron chi connectivity index (χ2n) is 14.5. The fourth-order valence-corrected chi connectivity index (χ4v) is 11.2. The molecule has 5 heteroatoms. The predicted octanol–water partition coefficient (Wildman–Crippen LogP) is 9.53. The number of aliphatic hydroxyl groups excluding tert-OH is 1. The number of fused-ring (bicyclic) bond motifs is 7. The lowest BCUT2D eigenvalue weighted by atomic mass is 9.36. The number of allylic oxidation sites excluding steroid dienone is 3. The third-order valence-electron chi connectivity index (χ3n) is 12.7. The second kappa shape index (κ2) is 17.1. The second-order valence-corrected chi connectivity index (χ2v) is 14.5. The maximum absolute atomic E-state index is 11.4. The summed E-state index contributed by atoms with van der Waals surface area (Å²) >= 11 is 0. The highest BCUT2D eigenvalue weighted by Gasteiger charge is 2.65. The van der Waals surface area contributed by atoms with Crippen molar-refractivity contribution in [2.45, 2.75) is 113 Å². The number of aliphatic hydroxyl groups is 1. The Labute approximate surface area is 281 Å². The van der Waals surface area contributed by atoms with Gasteiger partial charge in [-0.15, -0.1) is 45.1 Å². The first kappa shape index (κ1) is 40.8. The van der Waals surface area contributed by atoms with E-state index in [1.807, 2.05) is 20.8 Å². The van der Waals surface area contributed by atoms with Crippen molar-refractivity contribution in [2.24, 2.45) is 51.2 Å². The smallest absolute Gasteiger partial charge is 0.353 e. The molecule has 5 aliphatic rings. The highest BCUT2D eigenvalue weighted by atomic mass is 16.4. The number of hydrogen-bond donors (Lipinski definition) is 3. The fraction of sp³-hybridized carbons (Fsp3) is 0.659. The molecule has 5 nitrogen and oxygen atoms in total. The standard InChI is InChI=1S/C30H44N2O3.C3H6.C2H6.3C2H2/c1-27(2)21(22-16-23(26(34)35)32-31-22)9-13-29(4)24(27)11-14-28(3)19-10-15-30(17-33)12-5-6-20(30)18(19)7-8-25(28)29;1-3-2;4*1-2/h9,16,18-20,24-25,33H,5-8,10-15,17H2,1-4H3,(H,31,32)(H,34,35);3H,1H2,2H3;1-2H3;3*1-2H/t18-,19?,20?,24?,25?,28-,29-,30+;;;;;/m0...../s1. The molecule has 46 heavy (non-hydrogen) atoms. The molecule has 8 atom stereocenters. The van der Waals surface area contributed by atoms with Gasteiger partial charge in [-0.05, 0) is 128 Å². The van der Waals surface area contributed by atoms with E-state index in [2.05, 4.69) is 89.1 Å². The van der Waals surface area contributed by atoms with Crippen molar-refractivity contribution in [1.29, 1.82) is 0 Å². The van der Waals surface area contributed by atoms with Gasteiger partial charge < -0.3 is 10.2 Å². The van der Waals surface area contributed by atoms with Crippen LogP contribution in [0.4, 0.5) is 0 Å². The average Bonchev–Trinajstić information content (AvgIpc) is 3.73. The summed E-state index contributed by atoms with van der Waals surface area (Å²) in [5.74, 6) is 2.70. The van der Waals surface area contributed by atoms with Crippen LogP contribution in [-0.2, 0) is 0 Å². The van der Waals surface area contributed by atoms with Crippen LogP contribution in [0, 0.1) is 89.8 Å². The number of carboxylic acids is 1. The van der Waals surface area contributed by atoms with E-state index in [0.29, 0.717) is 17.9 Å². The minimum Gasteiger partial charge on any atom is -0.477 e. The van der Waals surface area contributed by atoms with E-state index in [1.54, 1.807) is 12.1 Å². The molecule has 4 fully saturated rings. The summed E-state index contributed by atoms with van der Waals surface area (Å²) in [7, 11) is 0. The molecule has 4 saturated carbocycles.